The first-order chi connectivity index (χ1) is 16.5. The molecular weight excluding hydrogens is 442 g/mol. The Morgan fingerprint density at radius 3 is 2.44 bits per heavy atom. The first-order valence-electron chi connectivity index (χ1n) is 10.2. The predicted molar refractivity (Wildman–Crippen MR) is 120 cm³/mol. The second-order valence-corrected chi connectivity index (χ2v) is 7.14. The lowest BCUT2D eigenvalue weighted by Gasteiger charge is -2.14. The summed E-state index contributed by atoms with van der Waals surface area (Å²) in [7, 11) is 2.87. The fraction of sp³-hybridized carbons (Fsp3) is 0.167. The SMILES string of the molecule is COc1cc(NC(=O)c2ccco2)c(C(=O)OCc2nc(-c3ccc(C)cc3)no2)cc1OC. The van der Waals surface area contributed by atoms with E-state index in [-0.39, 0.29) is 35.3 Å². The summed E-state index contributed by atoms with van der Waals surface area (Å²) in [6.07, 6.45) is 1.37. The number of nitrogens with one attached hydrogen (secondary N) is 1. The van der Waals surface area contributed by atoms with Crippen molar-refractivity contribution in [3.63, 3.8) is 0 Å². The van der Waals surface area contributed by atoms with Gasteiger partial charge in [-0.3, -0.25) is 4.79 Å². The van der Waals surface area contributed by atoms with Gasteiger partial charge in [0.05, 0.1) is 31.7 Å². The van der Waals surface area contributed by atoms with Gasteiger partial charge in [0, 0.05) is 17.7 Å². The van der Waals surface area contributed by atoms with E-state index in [9.17, 15) is 9.59 Å². The van der Waals surface area contributed by atoms with Crippen LogP contribution in [0.5, 0.6) is 11.5 Å². The molecule has 0 atom stereocenters. The maximum absolute atomic E-state index is 12.9. The van der Waals surface area contributed by atoms with Gasteiger partial charge >= 0.3 is 5.97 Å². The summed E-state index contributed by atoms with van der Waals surface area (Å²) in [5, 5.41) is 6.55. The van der Waals surface area contributed by atoms with E-state index in [1.807, 2.05) is 31.2 Å². The van der Waals surface area contributed by atoms with Crippen molar-refractivity contribution in [2.45, 2.75) is 13.5 Å². The average molecular weight is 463 g/mol. The normalized spacial score (nSPS) is 10.6. The number of methoxy groups -OCH3 is 2. The van der Waals surface area contributed by atoms with Crippen LogP contribution in [0.15, 0.2) is 63.7 Å². The number of esters is 1. The van der Waals surface area contributed by atoms with Crippen LogP contribution in [0.4, 0.5) is 5.69 Å². The Bertz CT molecular complexity index is 1290. The number of nitrogens with zero attached hydrogens (tertiary/aromatic N) is 2. The third-order valence-electron chi connectivity index (χ3n) is 4.84. The maximum atomic E-state index is 12.9. The van der Waals surface area contributed by atoms with Gasteiger partial charge in [0.15, 0.2) is 23.9 Å². The Morgan fingerprint density at radius 2 is 1.76 bits per heavy atom. The van der Waals surface area contributed by atoms with E-state index < -0.39 is 11.9 Å². The van der Waals surface area contributed by atoms with Gasteiger partial charge in [-0.05, 0) is 19.1 Å². The predicted octanol–water partition coefficient (Wildman–Crippen LogP) is 4.26. The molecule has 1 N–H and O–H groups in total. The highest BCUT2D eigenvalue weighted by molar-refractivity contribution is 6.07. The van der Waals surface area contributed by atoms with Gasteiger partial charge in [0.2, 0.25) is 5.82 Å². The number of aromatic nitrogens is 2. The molecule has 0 aliphatic carbocycles. The lowest BCUT2D eigenvalue weighted by atomic mass is 10.1. The van der Waals surface area contributed by atoms with Crippen molar-refractivity contribution in [2.24, 2.45) is 0 Å². The number of hydrogen-bond acceptors (Lipinski definition) is 9. The molecule has 0 radical (unpaired) electrons. The molecule has 1 amide bonds. The summed E-state index contributed by atoms with van der Waals surface area (Å²) in [6.45, 7) is 1.71. The van der Waals surface area contributed by atoms with Crippen molar-refractivity contribution in [2.75, 3.05) is 19.5 Å². The number of aryl methyl sites for hydroxylation is 1. The highest BCUT2D eigenvalue weighted by Gasteiger charge is 2.22. The summed E-state index contributed by atoms with van der Waals surface area (Å²) in [5.74, 6) is -0.132. The number of hydrogen-bond donors (Lipinski definition) is 1. The Balaban J connectivity index is 1.53. The number of carbonyl (C=O) groups excluding carboxylic acids is 2. The van der Waals surface area contributed by atoms with Crippen LogP contribution in [0.25, 0.3) is 11.4 Å². The van der Waals surface area contributed by atoms with Crippen LogP contribution in [-0.4, -0.2) is 36.2 Å². The molecule has 2 aromatic heterocycles. The number of ether oxygens (including phenoxy) is 3. The lowest BCUT2D eigenvalue weighted by molar-refractivity contribution is 0.0430. The lowest BCUT2D eigenvalue weighted by Crippen LogP contribution is -2.16. The van der Waals surface area contributed by atoms with E-state index in [0.717, 1.165) is 11.1 Å². The van der Waals surface area contributed by atoms with Crippen LogP contribution in [0.1, 0.15) is 32.4 Å². The number of carbonyl (C=O) groups is 2. The van der Waals surface area contributed by atoms with Gasteiger partial charge in [-0.1, -0.05) is 35.0 Å². The number of benzene rings is 2. The van der Waals surface area contributed by atoms with Gasteiger partial charge < -0.3 is 28.5 Å². The maximum Gasteiger partial charge on any atom is 0.340 e. The van der Waals surface area contributed by atoms with Gasteiger partial charge in [0.25, 0.3) is 11.8 Å². The first-order valence-corrected chi connectivity index (χ1v) is 10.2. The molecule has 0 saturated carbocycles. The molecule has 0 aliphatic heterocycles. The summed E-state index contributed by atoms with van der Waals surface area (Å²) in [4.78, 5) is 29.6. The highest BCUT2D eigenvalue weighted by Crippen LogP contribution is 2.34. The minimum atomic E-state index is -0.745. The van der Waals surface area contributed by atoms with Crippen molar-refractivity contribution in [3.05, 3.63) is 77.6 Å². The fourth-order valence-corrected chi connectivity index (χ4v) is 3.08. The van der Waals surface area contributed by atoms with E-state index in [0.29, 0.717) is 11.6 Å². The Hall–Kier alpha value is -4.60. The van der Waals surface area contributed by atoms with Crippen molar-refractivity contribution < 1.29 is 32.7 Å². The topological polar surface area (TPSA) is 126 Å². The smallest absolute Gasteiger partial charge is 0.340 e. The molecule has 2 heterocycles. The minimum Gasteiger partial charge on any atom is -0.493 e. The van der Waals surface area contributed by atoms with Crippen LogP contribution in [0.2, 0.25) is 0 Å². The summed E-state index contributed by atoms with van der Waals surface area (Å²) in [6, 6.07) is 13.5. The van der Waals surface area contributed by atoms with Gasteiger partial charge in [-0.2, -0.15) is 4.98 Å². The largest absolute Gasteiger partial charge is 0.493 e. The monoisotopic (exact) mass is 463 g/mol. The third kappa shape index (κ3) is 4.90. The van der Waals surface area contributed by atoms with Crippen LogP contribution < -0.4 is 14.8 Å². The van der Waals surface area contributed by atoms with Gasteiger partial charge in [-0.25, -0.2) is 4.79 Å². The number of anilines is 1. The summed E-state index contributed by atoms with van der Waals surface area (Å²) in [5.41, 5.74) is 2.06. The van der Waals surface area contributed by atoms with Gasteiger partial charge in [0.1, 0.15) is 0 Å². The average Bonchev–Trinajstić information content (AvgIpc) is 3.55. The molecule has 0 fully saturated rings. The summed E-state index contributed by atoms with van der Waals surface area (Å²) >= 11 is 0. The number of rotatable bonds is 8. The zero-order valence-corrected chi connectivity index (χ0v) is 18.7. The van der Waals surface area contributed by atoms with Gasteiger partial charge in [-0.15, -0.1) is 0 Å². The highest BCUT2D eigenvalue weighted by atomic mass is 16.6. The zero-order valence-electron chi connectivity index (χ0n) is 18.7. The Kier molecular flexibility index (Phi) is 6.58. The van der Waals surface area contributed by atoms with Crippen molar-refractivity contribution >= 4 is 17.6 Å². The molecule has 0 bridgehead atoms. The first kappa shape index (κ1) is 22.6. The van der Waals surface area contributed by atoms with E-state index in [4.69, 9.17) is 23.2 Å². The quantitative estimate of drug-likeness (QED) is 0.381. The molecule has 4 rings (SSSR count). The molecule has 34 heavy (non-hydrogen) atoms. The number of furan rings is 1. The molecule has 0 saturated heterocycles. The van der Waals surface area contributed by atoms with Crippen LogP contribution in [0, 0.1) is 6.92 Å². The van der Waals surface area contributed by atoms with E-state index >= 15 is 0 Å². The van der Waals surface area contributed by atoms with Crippen LogP contribution >= 0.6 is 0 Å². The second kappa shape index (κ2) is 9.90. The standard InChI is InChI=1S/C24H21N3O7/c1-14-6-8-15(9-7-14)22-26-21(34-27-22)13-33-24(29)16-11-19(30-2)20(31-3)12-17(16)25-23(28)18-5-4-10-32-18/h4-12H,13H2,1-3H3,(H,25,28). The third-order valence-corrected chi connectivity index (χ3v) is 4.84. The molecule has 0 unspecified atom stereocenters. The van der Waals surface area contributed by atoms with Crippen molar-refractivity contribution in [1.82, 2.24) is 10.1 Å². The van der Waals surface area contributed by atoms with E-state index in [2.05, 4.69) is 15.5 Å². The molecule has 0 spiro atoms. The van der Waals surface area contributed by atoms with Crippen LogP contribution in [-0.2, 0) is 11.3 Å². The van der Waals surface area contributed by atoms with Crippen molar-refractivity contribution in [3.8, 4) is 22.9 Å². The molecule has 10 heteroatoms. The van der Waals surface area contributed by atoms with Crippen molar-refractivity contribution in [1.29, 1.82) is 0 Å². The second-order valence-electron chi connectivity index (χ2n) is 7.14. The van der Waals surface area contributed by atoms with E-state index in [1.165, 1.54) is 38.7 Å². The molecule has 10 nitrogen and oxygen atoms in total. The molecule has 4 aromatic rings. The van der Waals surface area contributed by atoms with E-state index in [1.54, 1.807) is 6.07 Å². The Labute approximate surface area is 194 Å². The zero-order chi connectivity index (χ0) is 24.1. The molecule has 174 valence electrons. The number of amides is 1. The molecule has 0 aliphatic rings. The Morgan fingerprint density at radius 1 is 1.03 bits per heavy atom. The van der Waals surface area contributed by atoms with Crippen LogP contribution in [0.3, 0.4) is 0 Å². The fourth-order valence-electron chi connectivity index (χ4n) is 3.08. The minimum absolute atomic E-state index is 0.0378. The molecule has 2 aromatic carbocycles. The molecular formula is C24H21N3O7. The summed E-state index contributed by atoms with van der Waals surface area (Å²) < 4.78 is 26.2.